The number of amides is 2. The summed E-state index contributed by atoms with van der Waals surface area (Å²) < 4.78 is 0. The fraction of sp³-hybridized carbons (Fsp3) is 0.800. The Morgan fingerprint density at radius 2 is 2.40 bits per heavy atom. The van der Waals surface area contributed by atoms with E-state index in [-0.39, 0.29) is 18.4 Å². The molecule has 5 nitrogen and oxygen atoms in total. The number of rotatable bonds is 4. The molecule has 0 aliphatic carbocycles. The Morgan fingerprint density at radius 1 is 1.60 bits per heavy atom. The molecule has 1 saturated heterocycles. The standard InChI is InChI=1S/C10H19N3O2/c1-2-11-6-4-10(15)13-7-3-5-12-9(14)8-13/h11H,2-8H2,1H3,(H,12,14). The maximum Gasteiger partial charge on any atom is 0.239 e. The second-order valence-electron chi connectivity index (χ2n) is 3.62. The molecule has 0 atom stereocenters. The third-order valence-corrected chi connectivity index (χ3v) is 2.38. The fourth-order valence-corrected chi connectivity index (χ4v) is 1.55. The van der Waals surface area contributed by atoms with Gasteiger partial charge in [0.2, 0.25) is 11.8 Å². The van der Waals surface area contributed by atoms with Gasteiger partial charge in [0.15, 0.2) is 0 Å². The van der Waals surface area contributed by atoms with Gasteiger partial charge in [0, 0.05) is 26.1 Å². The van der Waals surface area contributed by atoms with E-state index >= 15 is 0 Å². The SMILES string of the molecule is CCNCCC(=O)N1CCCNC(=O)C1. The molecule has 0 unspecified atom stereocenters. The van der Waals surface area contributed by atoms with Crippen molar-refractivity contribution in [2.45, 2.75) is 19.8 Å². The lowest BCUT2D eigenvalue weighted by Crippen LogP contribution is -2.38. The first-order chi connectivity index (χ1) is 7.24. The Balaban J connectivity index is 2.33. The minimum absolute atomic E-state index is 0.0516. The summed E-state index contributed by atoms with van der Waals surface area (Å²) in [7, 11) is 0. The van der Waals surface area contributed by atoms with Crippen LogP contribution in [0.25, 0.3) is 0 Å². The van der Waals surface area contributed by atoms with Crippen molar-refractivity contribution < 1.29 is 9.59 Å². The van der Waals surface area contributed by atoms with Crippen LogP contribution in [0.1, 0.15) is 19.8 Å². The molecule has 1 fully saturated rings. The second kappa shape index (κ2) is 6.40. The maximum atomic E-state index is 11.7. The quantitative estimate of drug-likeness (QED) is 0.609. The van der Waals surface area contributed by atoms with E-state index in [1.807, 2.05) is 6.92 Å². The smallest absolute Gasteiger partial charge is 0.239 e. The van der Waals surface area contributed by atoms with Crippen LogP contribution >= 0.6 is 0 Å². The molecule has 1 rings (SSSR count). The highest BCUT2D eigenvalue weighted by atomic mass is 16.2. The molecule has 2 amide bonds. The second-order valence-corrected chi connectivity index (χ2v) is 3.62. The molecule has 0 aromatic rings. The van der Waals surface area contributed by atoms with E-state index in [0.717, 1.165) is 13.0 Å². The number of hydrogen-bond acceptors (Lipinski definition) is 3. The highest BCUT2D eigenvalue weighted by molar-refractivity contribution is 5.85. The van der Waals surface area contributed by atoms with Gasteiger partial charge in [-0.25, -0.2) is 0 Å². The molecular formula is C10H19N3O2. The van der Waals surface area contributed by atoms with Crippen molar-refractivity contribution in [3.63, 3.8) is 0 Å². The van der Waals surface area contributed by atoms with Crippen molar-refractivity contribution in [2.75, 3.05) is 32.7 Å². The van der Waals surface area contributed by atoms with E-state index in [1.54, 1.807) is 4.90 Å². The van der Waals surface area contributed by atoms with Crippen LogP contribution in [0.5, 0.6) is 0 Å². The fourth-order valence-electron chi connectivity index (χ4n) is 1.55. The molecule has 1 aliphatic rings. The Hall–Kier alpha value is -1.10. The Kier molecular flexibility index (Phi) is 5.10. The van der Waals surface area contributed by atoms with Crippen molar-refractivity contribution in [3.8, 4) is 0 Å². The van der Waals surface area contributed by atoms with E-state index in [9.17, 15) is 9.59 Å². The average Bonchev–Trinajstić information content (AvgIpc) is 2.43. The summed E-state index contributed by atoms with van der Waals surface area (Å²) >= 11 is 0. The van der Waals surface area contributed by atoms with Gasteiger partial charge in [-0.2, -0.15) is 0 Å². The predicted molar refractivity (Wildman–Crippen MR) is 57.4 cm³/mol. The van der Waals surface area contributed by atoms with Gasteiger partial charge < -0.3 is 15.5 Å². The van der Waals surface area contributed by atoms with Crippen LogP contribution < -0.4 is 10.6 Å². The zero-order valence-corrected chi connectivity index (χ0v) is 9.21. The van der Waals surface area contributed by atoms with E-state index in [2.05, 4.69) is 10.6 Å². The molecular weight excluding hydrogens is 194 g/mol. The Bertz CT molecular complexity index is 231. The summed E-state index contributed by atoms with van der Waals surface area (Å²) in [5.41, 5.74) is 0. The molecule has 0 saturated carbocycles. The third kappa shape index (κ3) is 4.29. The van der Waals surface area contributed by atoms with Gasteiger partial charge in [-0.05, 0) is 13.0 Å². The number of carbonyl (C=O) groups is 2. The first kappa shape index (κ1) is 12.0. The van der Waals surface area contributed by atoms with Gasteiger partial charge >= 0.3 is 0 Å². The van der Waals surface area contributed by atoms with Gasteiger partial charge in [-0.3, -0.25) is 9.59 Å². The van der Waals surface area contributed by atoms with Gasteiger partial charge in [0.25, 0.3) is 0 Å². The highest BCUT2D eigenvalue weighted by Crippen LogP contribution is 1.99. The van der Waals surface area contributed by atoms with Crippen molar-refractivity contribution >= 4 is 11.8 Å². The number of hydrogen-bond donors (Lipinski definition) is 2. The lowest BCUT2D eigenvalue weighted by molar-refractivity contribution is -0.135. The van der Waals surface area contributed by atoms with Crippen LogP contribution in [0.15, 0.2) is 0 Å². The molecule has 86 valence electrons. The summed E-state index contributed by atoms with van der Waals surface area (Å²) in [6, 6.07) is 0. The van der Waals surface area contributed by atoms with Crippen LogP contribution in [0.2, 0.25) is 0 Å². The van der Waals surface area contributed by atoms with Crippen molar-refractivity contribution in [2.24, 2.45) is 0 Å². The van der Waals surface area contributed by atoms with Crippen molar-refractivity contribution in [1.82, 2.24) is 15.5 Å². The molecule has 0 radical (unpaired) electrons. The first-order valence-electron chi connectivity index (χ1n) is 5.49. The van der Waals surface area contributed by atoms with Crippen LogP contribution in [0, 0.1) is 0 Å². The Labute approximate surface area is 90.2 Å². The summed E-state index contributed by atoms with van der Waals surface area (Å²) in [6.07, 6.45) is 1.32. The Morgan fingerprint density at radius 3 is 3.13 bits per heavy atom. The average molecular weight is 213 g/mol. The molecule has 0 aromatic heterocycles. The molecule has 0 spiro atoms. The van der Waals surface area contributed by atoms with Crippen LogP contribution in [-0.2, 0) is 9.59 Å². The topological polar surface area (TPSA) is 61.4 Å². The van der Waals surface area contributed by atoms with Crippen molar-refractivity contribution in [1.29, 1.82) is 0 Å². The highest BCUT2D eigenvalue weighted by Gasteiger charge is 2.18. The molecule has 0 bridgehead atoms. The molecule has 5 heteroatoms. The number of nitrogens with one attached hydrogen (secondary N) is 2. The lowest BCUT2D eigenvalue weighted by Gasteiger charge is -2.18. The summed E-state index contributed by atoms with van der Waals surface area (Å²) in [4.78, 5) is 24.5. The molecule has 0 aromatic carbocycles. The van der Waals surface area contributed by atoms with E-state index in [1.165, 1.54) is 0 Å². The molecule has 2 N–H and O–H groups in total. The molecule has 1 aliphatic heterocycles. The third-order valence-electron chi connectivity index (χ3n) is 2.38. The number of carbonyl (C=O) groups excluding carboxylic acids is 2. The summed E-state index contributed by atoms with van der Waals surface area (Å²) in [5.74, 6) is 0.0114. The van der Waals surface area contributed by atoms with E-state index < -0.39 is 0 Å². The zero-order valence-electron chi connectivity index (χ0n) is 9.21. The largest absolute Gasteiger partial charge is 0.354 e. The van der Waals surface area contributed by atoms with Gasteiger partial charge in [-0.15, -0.1) is 0 Å². The van der Waals surface area contributed by atoms with Gasteiger partial charge in [-0.1, -0.05) is 6.92 Å². The normalized spacial score (nSPS) is 17.1. The minimum Gasteiger partial charge on any atom is -0.354 e. The first-order valence-corrected chi connectivity index (χ1v) is 5.49. The maximum absolute atomic E-state index is 11.7. The van der Waals surface area contributed by atoms with E-state index in [4.69, 9.17) is 0 Å². The van der Waals surface area contributed by atoms with Gasteiger partial charge in [0.05, 0.1) is 6.54 Å². The summed E-state index contributed by atoms with van der Waals surface area (Å²) in [6.45, 7) is 5.13. The molecule has 15 heavy (non-hydrogen) atoms. The van der Waals surface area contributed by atoms with Crippen molar-refractivity contribution in [3.05, 3.63) is 0 Å². The summed E-state index contributed by atoms with van der Waals surface area (Å²) in [5, 5.41) is 5.85. The zero-order chi connectivity index (χ0) is 11.1. The lowest BCUT2D eigenvalue weighted by atomic mass is 10.3. The molecule has 1 heterocycles. The predicted octanol–water partition coefficient (Wildman–Crippen LogP) is -0.665. The minimum atomic E-state index is -0.0516. The van der Waals surface area contributed by atoms with Crippen LogP contribution in [0.3, 0.4) is 0 Å². The monoisotopic (exact) mass is 213 g/mol. The van der Waals surface area contributed by atoms with E-state index in [0.29, 0.717) is 26.1 Å². The number of nitrogens with zero attached hydrogens (tertiary/aromatic N) is 1. The van der Waals surface area contributed by atoms with Crippen LogP contribution in [-0.4, -0.2) is 49.4 Å². The van der Waals surface area contributed by atoms with Crippen LogP contribution in [0.4, 0.5) is 0 Å². The van der Waals surface area contributed by atoms with Gasteiger partial charge in [0.1, 0.15) is 0 Å².